The van der Waals surface area contributed by atoms with E-state index in [2.05, 4.69) is 43.0 Å². The Kier molecular flexibility index (Phi) is 3.00. The molecule has 0 atom stereocenters. The first-order valence-electron chi connectivity index (χ1n) is 5.80. The van der Waals surface area contributed by atoms with Crippen molar-refractivity contribution >= 4 is 22.1 Å². The molecule has 0 saturated heterocycles. The molecule has 2 N–H and O–H groups in total. The number of nitrogen functional groups attached to an aromatic ring is 1. The fourth-order valence-corrected chi connectivity index (χ4v) is 2.12. The molecule has 2 rings (SSSR count). The lowest BCUT2D eigenvalue weighted by Crippen LogP contribution is -2.22. The molecule has 0 aromatic heterocycles. The van der Waals surface area contributed by atoms with Gasteiger partial charge in [-0.1, -0.05) is 30.3 Å². The normalized spacial score (nSPS) is 10.6. The molecule has 0 radical (unpaired) electrons. The molecule has 0 fully saturated rings. The SMILES string of the molecule is CCN(CC)c1ccc2ccccc2c1N. The van der Waals surface area contributed by atoms with Crippen LogP contribution in [0, 0.1) is 0 Å². The van der Waals surface area contributed by atoms with E-state index in [9.17, 15) is 0 Å². The van der Waals surface area contributed by atoms with Crippen molar-refractivity contribution in [3.05, 3.63) is 36.4 Å². The van der Waals surface area contributed by atoms with Gasteiger partial charge in [0.2, 0.25) is 0 Å². The monoisotopic (exact) mass is 214 g/mol. The number of nitrogens with two attached hydrogens (primary N) is 1. The standard InChI is InChI=1S/C14H18N2/c1-3-16(4-2)13-10-9-11-7-5-6-8-12(11)14(13)15/h5-10H,3-4,15H2,1-2H3. The van der Waals surface area contributed by atoms with Gasteiger partial charge in [-0.3, -0.25) is 0 Å². The van der Waals surface area contributed by atoms with Crippen LogP contribution in [0.5, 0.6) is 0 Å². The molecule has 2 nitrogen and oxygen atoms in total. The fourth-order valence-electron chi connectivity index (χ4n) is 2.12. The van der Waals surface area contributed by atoms with Gasteiger partial charge in [0.25, 0.3) is 0 Å². The average molecular weight is 214 g/mol. The van der Waals surface area contributed by atoms with E-state index in [0.29, 0.717) is 0 Å². The van der Waals surface area contributed by atoms with Crippen LogP contribution in [-0.4, -0.2) is 13.1 Å². The molecule has 0 saturated carbocycles. The molecule has 0 amide bonds. The van der Waals surface area contributed by atoms with E-state index in [-0.39, 0.29) is 0 Å². The van der Waals surface area contributed by atoms with Crippen LogP contribution >= 0.6 is 0 Å². The topological polar surface area (TPSA) is 29.3 Å². The van der Waals surface area contributed by atoms with Crippen molar-refractivity contribution in [1.82, 2.24) is 0 Å². The van der Waals surface area contributed by atoms with Crippen LogP contribution in [0.25, 0.3) is 10.8 Å². The summed E-state index contributed by atoms with van der Waals surface area (Å²) >= 11 is 0. The van der Waals surface area contributed by atoms with Gasteiger partial charge in [-0.05, 0) is 25.3 Å². The van der Waals surface area contributed by atoms with E-state index in [1.165, 1.54) is 5.39 Å². The Morgan fingerprint density at radius 2 is 1.69 bits per heavy atom. The summed E-state index contributed by atoms with van der Waals surface area (Å²) in [7, 11) is 0. The average Bonchev–Trinajstić information content (AvgIpc) is 2.34. The summed E-state index contributed by atoms with van der Waals surface area (Å²) < 4.78 is 0. The summed E-state index contributed by atoms with van der Waals surface area (Å²) in [5.41, 5.74) is 8.26. The molecule has 0 aliphatic rings. The van der Waals surface area contributed by atoms with Crippen molar-refractivity contribution in [2.75, 3.05) is 23.7 Å². The molecule has 84 valence electrons. The molecule has 16 heavy (non-hydrogen) atoms. The molecular weight excluding hydrogens is 196 g/mol. The molecule has 2 aromatic carbocycles. The van der Waals surface area contributed by atoms with Gasteiger partial charge in [0.1, 0.15) is 0 Å². The summed E-state index contributed by atoms with van der Waals surface area (Å²) in [5.74, 6) is 0. The van der Waals surface area contributed by atoms with E-state index >= 15 is 0 Å². The highest BCUT2D eigenvalue weighted by molar-refractivity contribution is 5.99. The van der Waals surface area contributed by atoms with E-state index in [4.69, 9.17) is 5.73 Å². The zero-order valence-corrected chi connectivity index (χ0v) is 9.90. The number of benzene rings is 2. The summed E-state index contributed by atoms with van der Waals surface area (Å²) in [6, 6.07) is 12.5. The Bertz CT molecular complexity index is 487. The third kappa shape index (κ3) is 1.71. The first kappa shape index (κ1) is 10.8. The van der Waals surface area contributed by atoms with Crippen molar-refractivity contribution in [2.24, 2.45) is 0 Å². The lowest BCUT2D eigenvalue weighted by molar-refractivity contribution is 0.868. The van der Waals surface area contributed by atoms with Gasteiger partial charge in [0, 0.05) is 18.5 Å². The number of rotatable bonds is 3. The van der Waals surface area contributed by atoms with Crippen LogP contribution in [0.4, 0.5) is 11.4 Å². The van der Waals surface area contributed by atoms with Crippen LogP contribution < -0.4 is 10.6 Å². The maximum atomic E-state index is 6.23. The number of hydrogen-bond donors (Lipinski definition) is 1. The second-order valence-electron chi connectivity index (χ2n) is 3.89. The van der Waals surface area contributed by atoms with Gasteiger partial charge in [-0.25, -0.2) is 0 Å². The van der Waals surface area contributed by atoms with Gasteiger partial charge in [-0.15, -0.1) is 0 Å². The minimum atomic E-state index is 0.891. The number of fused-ring (bicyclic) bond motifs is 1. The highest BCUT2D eigenvalue weighted by Crippen LogP contribution is 2.31. The van der Waals surface area contributed by atoms with Crippen LogP contribution in [0.2, 0.25) is 0 Å². The first-order chi connectivity index (χ1) is 7.77. The molecule has 2 heteroatoms. The van der Waals surface area contributed by atoms with Crippen molar-refractivity contribution < 1.29 is 0 Å². The van der Waals surface area contributed by atoms with Crippen LogP contribution in [0.15, 0.2) is 36.4 Å². The van der Waals surface area contributed by atoms with Crippen LogP contribution in [0.1, 0.15) is 13.8 Å². The van der Waals surface area contributed by atoms with E-state index in [1.54, 1.807) is 0 Å². The number of anilines is 2. The van der Waals surface area contributed by atoms with E-state index in [1.807, 2.05) is 12.1 Å². The second-order valence-corrected chi connectivity index (χ2v) is 3.89. The van der Waals surface area contributed by atoms with Crippen molar-refractivity contribution in [3.63, 3.8) is 0 Å². The maximum absolute atomic E-state index is 6.23. The van der Waals surface area contributed by atoms with Gasteiger partial charge in [-0.2, -0.15) is 0 Å². The first-order valence-corrected chi connectivity index (χ1v) is 5.80. The Labute approximate surface area is 96.7 Å². The highest BCUT2D eigenvalue weighted by atomic mass is 15.1. The summed E-state index contributed by atoms with van der Waals surface area (Å²) in [6.07, 6.45) is 0. The quantitative estimate of drug-likeness (QED) is 0.794. The molecule has 2 aromatic rings. The Hall–Kier alpha value is -1.70. The summed E-state index contributed by atoms with van der Waals surface area (Å²) in [4.78, 5) is 2.28. The largest absolute Gasteiger partial charge is 0.397 e. The highest BCUT2D eigenvalue weighted by Gasteiger charge is 2.08. The van der Waals surface area contributed by atoms with Gasteiger partial charge in [0.15, 0.2) is 0 Å². The zero-order chi connectivity index (χ0) is 11.5. The van der Waals surface area contributed by atoms with Crippen molar-refractivity contribution in [3.8, 4) is 0 Å². The van der Waals surface area contributed by atoms with Gasteiger partial charge < -0.3 is 10.6 Å². The minimum absolute atomic E-state index is 0.891. The lowest BCUT2D eigenvalue weighted by Gasteiger charge is -2.23. The zero-order valence-electron chi connectivity index (χ0n) is 9.90. The predicted octanol–water partition coefficient (Wildman–Crippen LogP) is 3.27. The van der Waals surface area contributed by atoms with E-state index in [0.717, 1.165) is 29.9 Å². The Morgan fingerprint density at radius 3 is 2.38 bits per heavy atom. The number of nitrogens with zero attached hydrogens (tertiary/aromatic N) is 1. The van der Waals surface area contributed by atoms with Crippen LogP contribution in [0.3, 0.4) is 0 Å². The Balaban J connectivity index is 2.60. The molecule has 0 bridgehead atoms. The fraction of sp³-hybridized carbons (Fsp3) is 0.286. The van der Waals surface area contributed by atoms with Crippen molar-refractivity contribution in [2.45, 2.75) is 13.8 Å². The molecule has 0 spiro atoms. The molecule has 0 aliphatic carbocycles. The molecule has 0 heterocycles. The van der Waals surface area contributed by atoms with Gasteiger partial charge >= 0.3 is 0 Å². The third-order valence-corrected chi connectivity index (χ3v) is 3.05. The van der Waals surface area contributed by atoms with Gasteiger partial charge in [0.05, 0.1) is 11.4 Å². The van der Waals surface area contributed by atoms with Crippen LogP contribution in [-0.2, 0) is 0 Å². The summed E-state index contributed by atoms with van der Waals surface area (Å²) in [5, 5.41) is 2.35. The molecule has 0 aliphatic heterocycles. The Morgan fingerprint density at radius 1 is 1.00 bits per heavy atom. The van der Waals surface area contributed by atoms with Crippen molar-refractivity contribution in [1.29, 1.82) is 0 Å². The minimum Gasteiger partial charge on any atom is -0.397 e. The second kappa shape index (κ2) is 4.44. The maximum Gasteiger partial charge on any atom is 0.0631 e. The predicted molar refractivity (Wildman–Crippen MR) is 71.9 cm³/mol. The smallest absolute Gasteiger partial charge is 0.0631 e. The molecular formula is C14H18N2. The molecule has 0 unspecified atom stereocenters. The number of hydrogen-bond acceptors (Lipinski definition) is 2. The van der Waals surface area contributed by atoms with E-state index < -0.39 is 0 Å². The third-order valence-electron chi connectivity index (χ3n) is 3.05. The lowest BCUT2D eigenvalue weighted by atomic mass is 10.1. The summed E-state index contributed by atoms with van der Waals surface area (Å²) in [6.45, 7) is 6.27.